The minimum Gasteiger partial charge on any atom is -0.490 e. The third-order valence-corrected chi connectivity index (χ3v) is 5.19. The van der Waals surface area contributed by atoms with E-state index >= 15 is 0 Å². The van der Waals surface area contributed by atoms with Crippen molar-refractivity contribution in [2.75, 3.05) is 23.4 Å². The summed E-state index contributed by atoms with van der Waals surface area (Å²) in [4.78, 5) is 15.6. The molecule has 0 saturated heterocycles. The molecule has 0 unspecified atom stereocenters. The van der Waals surface area contributed by atoms with Crippen LogP contribution in [0, 0.1) is 0 Å². The van der Waals surface area contributed by atoms with Gasteiger partial charge in [-0.2, -0.15) is 0 Å². The van der Waals surface area contributed by atoms with Crippen molar-refractivity contribution in [1.82, 2.24) is 0 Å². The molecule has 3 aromatic rings. The fourth-order valence-electron chi connectivity index (χ4n) is 3.91. The zero-order valence-corrected chi connectivity index (χ0v) is 15.4. The Bertz CT molecular complexity index is 1060. The van der Waals surface area contributed by atoms with Crippen molar-refractivity contribution in [3.63, 3.8) is 0 Å². The first-order chi connectivity index (χ1) is 13.8. The molecule has 2 aliphatic rings. The van der Waals surface area contributed by atoms with E-state index in [9.17, 15) is 4.79 Å². The fraction of sp³-hybridized carbons (Fsp3) is 0.125. The summed E-state index contributed by atoms with van der Waals surface area (Å²) in [7, 11) is 0. The number of ketones is 1. The van der Waals surface area contributed by atoms with Crippen LogP contribution in [0.2, 0.25) is 0 Å². The highest BCUT2D eigenvalue weighted by Crippen LogP contribution is 2.42. The topological polar surface area (TPSA) is 41.6 Å². The molecular weight excluding hydrogens is 348 g/mol. The van der Waals surface area contributed by atoms with E-state index < -0.39 is 0 Å². The van der Waals surface area contributed by atoms with Crippen molar-refractivity contribution in [3.8, 4) is 5.75 Å². The number of rotatable bonds is 4. The summed E-state index contributed by atoms with van der Waals surface area (Å²) in [6, 6.07) is 25.6. The number of nitrogens with zero attached hydrogens (tertiary/aromatic N) is 1. The predicted molar refractivity (Wildman–Crippen MR) is 111 cm³/mol. The van der Waals surface area contributed by atoms with E-state index in [2.05, 4.69) is 16.3 Å². The van der Waals surface area contributed by atoms with E-state index in [1.807, 2.05) is 72.8 Å². The molecule has 0 fully saturated rings. The van der Waals surface area contributed by atoms with Gasteiger partial charge in [-0.3, -0.25) is 4.79 Å². The van der Waals surface area contributed by atoms with Crippen LogP contribution in [0.15, 0.2) is 90.3 Å². The number of hydrogen-bond acceptors (Lipinski definition) is 4. The van der Waals surface area contributed by atoms with Gasteiger partial charge in [0.25, 0.3) is 0 Å². The monoisotopic (exact) mass is 368 g/mol. The van der Waals surface area contributed by atoms with Gasteiger partial charge in [-0.1, -0.05) is 60.7 Å². The van der Waals surface area contributed by atoms with Crippen LogP contribution in [0.25, 0.3) is 0 Å². The lowest BCUT2D eigenvalue weighted by Gasteiger charge is -2.39. The van der Waals surface area contributed by atoms with Gasteiger partial charge in [0.2, 0.25) is 0 Å². The molecule has 4 nitrogen and oxygen atoms in total. The summed E-state index contributed by atoms with van der Waals surface area (Å²) >= 11 is 0. The minimum atomic E-state index is 0.0570. The Morgan fingerprint density at radius 3 is 2.43 bits per heavy atom. The zero-order valence-electron chi connectivity index (χ0n) is 15.4. The molecule has 5 rings (SSSR count). The van der Waals surface area contributed by atoms with Crippen LogP contribution in [0.1, 0.15) is 15.9 Å². The first kappa shape index (κ1) is 16.6. The third kappa shape index (κ3) is 2.83. The standard InChI is InChI=1S/C24H20N2O2/c27-23(17-8-3-1-4-9-17)20-16-18-10-7-13-21-22(18)26(14-15-28-21)24(20)25-19-11-5-2-6-12-19/h1-13,25H,14-16H2. The molecule has 3 aromatic carbocycles. The molecule has 4 heteroatoms. The molecule has 0 amide bonds. The summed E-state index contributed by atoms with van der Waals surface area (Å²) < 4.78 is 5.87. The van der Waals surface area contributed by atoms with Crippen LogP contribution in [0.4, 0.5) is 11.4 Å². The Morgan fingerprint density at radius 2 is 1.64 bits per heavy atom. The molecule has 2 heterocycles. The Balaban J connectivity index is 1.65. The summed E-state index contributed by atoms with van der Waals surface area (Å²) in [5.74, 6) is 1.78. The number of Topliss-reactive ketones (excluding diaryl/α,β-unsaturated/α-hetero) is 1. The molecule has 0 spiro atoms. The summed E-state index contributed by atoms with van der Waals surface area (Å²) in [5.41, 5.74) is 4.63. The number of ether oxygens (including phenoxy) is 1. The highest BCUT2D eigenvalue weighted by Gasteiger charge is 2.33. The van der Waals surface area contributed by atoms with E-state index in [0.29, 0.717) is 25.1 Å². The van der Waals surface area contributed by atoms with Crippen LogP contribution in [-0.2, 0) is 6.42 Å². The van der Waals surface area contributed by atoms with Gasteiger partial charge < -0.3 is 15.0 Å². The molecule has 2 aliphatic heterocycles. The number of allylic oxidation sites excluding steroid dienone is 1. The number of carbonyl (C=O) groups excluding carboxylic acids is 1. The number of carbonyl (C=O) groups is 1. The van der Waals surface area contributed by atoms with Crippen LogP contribution >= 0.6 is 0 Å². The minimum absolute atomic E-state index is 0.0570. The predicted octanol–water partition coefficient (Wildman–Crippen LogP) is 4.65. The van der Waals surface area contributed by atoms with E-state index in [-0.39, 0.29) is 5.78 Å². The first-order valence-electron chi connectivity index (χ1n) is 9.48. The molecule has 0 bridgehead atoms. The van der Waals surface area contributed by atoms with Gasteiger partial charge in [0, 0.05) is 23.2 Å². The fourth-order valence-corrected chi connectivity index (χ4v) is 3.91. The zero-order chi connectivity index (χ0) is 18.9. The van der Waals surface area contributed by atoms with Crippen LogP contribution < -0.4 is 15.0 Å². The number of nitrogens with one attached hydrogen (secondary N) is 1. The molecule has 0 atom stereocenters. The lowest BCUT2D eigenvalue weighted by atomic mass is 9.91. The average molecular weight is 368 g/mol. The molecule has 1 N–H and O–H groups in total. The molecule has 28 heavy (non-hydrogen) atoms. The van der Waals surface area contributed by atoms with Gasteiger partial charge >= 0.3 is 0 Å². The molecule has 0 radical (unpaired) electrons. The number of benzene rings is 3. The Morgan fingerprint density at radius 1 is 0.893 bits per heavy atom. The van der Waals surface area contributed by atoms with Gasteiger partial charge in [-0.05, 0) is 23.8 Å². The molecular formula is C24H20N2O2. The molecule has 0 aliphatic carbocycles. The van der Waals surface area contributed by atoms with Crippen molar-refractivity contribution >= 4 is 17.2 Å². The van der Waals surface area contributed by atoms with E-state index in [1.54, 1.807) is 0 Å². The Hall–Kier alpha value is -3.53. The smallest absolute Gasteiger partial charge is 0.192 e. The van der Waals surface area contributed by atoms with Gasteiger partial charge in [0.15, 0.2) is 5.78 Å². The largest absolute Gasteiger partial charge is 0.490 e. The van der Waals surface area contributed by atoms with Gasteiger partial charge in [-0.25, -0.2) is 0 Å². The second-order valence-electron chi connectivity index (χ2n) is 6.95. The van der Waals surface area contributed by atoms with Crippen molar-refractivity contribution < 1.29 is 9.53 Å². The van der Waals surface area contributed by atoms with E-state index in [1.165, 1.54) is 0 Å². The maximum atomic E-state index is 13.4. The van der Waals surface area contributed by atoms with E-state index in [0.717, 1.165) is 34.1 Å². The van der Waals surface area contributed by atoms with Gasteiger partial charge in [0.1, 0.15) is 18.2 Å². The maximum absolute atomic E-state index is 13.4. The van der Waals surface area contributed by atoms with Crippen LogP contribution in [-0.4, -0.2) is 18.9 Å². The van der Waals surface area contributed by atoms with Gasteiger partial charge in [-0.15, -0.1) is 0 Å². The highest BCUT2D eigenvalue weighted by molar-refractivity contribution is 6.10. The lowest BCUT2D eigenvalue weighted by Crippen LogP contribution is -2.40. The lowest BCUT2D eigenvalue weighted by molar-refractivity contribution is 0.103. The highest BCUT2D eigenvalue weighted by atomic mass is 16.5. The summed E-state index contributed by atoms with van der Waals surface area (Å²) in [5, 5.41) is 3.51. The van der Waals surface area contributed by atoms with Crippen molar-refractivity contribution in [2.45, 2.75) is 6.42 Å². The molecule has 0 saturated carbocycles. The first-order valence-corrected chi connectivity index (χ1v) is 9.48. The van der Waals surface area contributed by atoms with Crippen molar-refractivity contribution in [3.05, 3.63) is 101 Å². The number of hydrogen-bond donors (Lipinski definition) is 1. The Labute approximate surface area is 164 Å². The third-order valence-electron chi connectivity index (χ3n) is 5.19. The second kappa shape index (κ2) is 6.89. The normalized spacial score (nSPS) is 14.9. The van der Waals surface area contributed by atoms with Crippen molar-refractivity contribution in [1.29, 1.82) is 0 Å². The average Bonchev–Trinajstić information content (AvgIpc) is 2.76. The van der Waals surface area contributed by atoms with Crippen LogP contribution in [0.3, 0.4) is 0 Å². The Kier molecular flexibility index (Phi) is 4.09. The van der Waals surface area contributed by atoms with E-state index in [4.69, 9.17) is 4.74 Å². The second-order valence-corrected chi connectivity index (χ2v) is 6.95. The summed E-state index contributed by atoms with van der Waals surface area (Å²) in [6.07, 6.45) is 0.575. The number of para-hydroxylation sites is 2. The maximum Gasteiger partial charge on any atom is 0.192 e. The van der Waals surface area contributed by atoms with Crippen LogP contribution in [0.5, 0.6) is 5.75 Å². The number of anilines is 2. The SMILES string of the molecule is O=C(C1=C(Nc2ccccc2)N2CCOc3cccc(c32)C1)c1ccccc1. The summed E-state index contributed by atoms with van der Waals surface area (Å²) in [6.45, 7) is 1.29. The molecule has 138 valence electrons. The molecule has 0 aromatic heterocycles. The van der Waals surface area contributed by atoms with Crippen molar-refractivity contribution in [2.24, 2.45) is 0 Å². The quantitative estimate of drug-likeness (QED) is 0.681. The van der Waals surface area contributed by atoms with Gasteiger partial charge in [0.05, 0.1) is 12.2 Å².